The number of carbonyl (C=O) groups is 2. The Kier molecular flexibility index (Phi) is 5.59. The molecule has 4 saturated carbocycles. The number of methoxy groups -OCH3 is 1. The van der Waals surface area contributed by atoms with Crippen molar-refractivity contribution in [1.29, 1.82) is 0 Å². The van der Waals surface area contributed by atoms with Crippen molar-refractivity contribution in [2.24, 2.45) is 50.2 Å². The van der Waals surface area contributed by atoms with Gasteiger partial charge in [-0.25, -0.2) is 0 Å². The smallest absolute Gasteiger partial charge is 0.312 e. The highest BCUT2D eigenvalue weighted by Crippen LogP contribution is 2.75. The Morgan fingerprint density at radius 3 is 2.34 bits per heavy atom. The maximum Gasteiger partial charge on any atom is 0.312 e. The monoisotopic (exact) mass is 484 g/mol. The summed E-state index contributed by atoms with van der Waals surface area (Å²) in [6.07, 6.45) is 12.2. The summed E-state index contributed by atoms with van der Waals surface area (Å²) >= 11 is 0. The van der Waals surface area contributed by atoms with Crippen LogP contribution in [0.5, 0.6) is 0 Å². The number of aliphatic hydroxyl groups excluding tert-OH is 1. The van der Waals surface area contributed by atoms with Crippen molar-refractivity contribution in [2.45, 2.75) is 106 Å². The van der Waals surface area contributed by atoms with E-state index in [1.54, 1.807) is 12.7 Å². The van der Waals surface area contributed by atoms with Gasteiger partial charge in [-0.2, -0.15) is 0 Å². The van der Waals surface area contributed by atoms with Crippen LogP contribution in [0.4, 0.5) is 0 Å². The molecule has 0 aromatic heterocycles. The fraction of sp³-hybridized carbons (Fsp3) is 0.871. The van der Waals surface area contributed by atoms with E-state index in [1.807, 2.05) is 6.92 Å². The van der Waals surface area contributed by atoms with Gasteiger partial charge in [0.15, 0.2) is 0 Å². The molecule has 0 heterocycles. The molecule has 5 rings (SSSR count). The summed E-state index contributed by atoms with van der Waals surface area (Å²) in [5, 5.41) is 10.4. The van der Waals surface area contributed by atoms with Crippen LogP contribution in [0, 0.1) is 50.2 Å². The van der Waals surface area contributed by atoms with Crippen LogP contribution < -0.4 is 0 Å². The molecule has 4 heteroatoms. The average Bonchev–Trinajstić information content (AvgIpc) is 2.81. The molecule has 0 aromatic rings. The molecule has 4 fully saturated rings. The first kappa shape index (κ1) is 25.5. The Morgan fingerprint density at radius 2 is 1.69 bits per heavy atom. The van der Waals surface area contributed by atoms with Crippen LogP contribution in [-0.2, 0) is 14.3 Å². The molecule has 4 nitrogen and oxygen atoms in total. The summed E-state index contributed by atoms with van der Waals surface area (Å²) < 4.78 is 5.47. The molecule has 35 heavy (non-hydrogen) atoms. The molecule has 0 spiro atoms. The maximum absolute atomic E-state index is 13.3. The Hall–Kier alpha value is -1.16. The topological polar surface area (TPSA) is 63.6 Å². The van der Waals surface area contributed by atoms with Gasteiger partial charge in [0.05, 0.1) is 24.5 Å². The summed E-state index contributed by atoms with van der Waals surface area (Å²) in [5.41, 5.74) is 1.02. The zero-order chi connectivity index (χ0) is 25.7. The van der Waals surface area contributed by atoms with Gasteiger partial charge in [-0.3, -0.25) is 9.59 Å². The van der Waals surface area contributed by atoms with E-state index in [9.17, 15) is 14.7 Å². The number of ketones is 1. The van der Waals surface area contributed by atoms with Gasteiger partial charge in [-0.1, -0.05) is 53.2 Å². The third-order valence-corrected chi connectivity index (χ3v) is 13.1. The first-order chi connectivity index (χ1) is 16.2. The summed E-state index contributed by atoms with van der Waals surface area (Å²) in [4.78, 5) is 26.4. The van der Waals surface area contributed by atoms with E-state index in [0.29, 0.717) is 12.3 Å². The number of rotatable bonds is 2. The second-order valence-electron chi connectivity index (χ2n) is 14.9. The normalized spacial score (nSPS) is 50.7. The maximum atomic E-state index is 13.3. The molecular weight excluding hydrogens is 436 g/mol. The lowest BCUT2D eigenvalue weighted by atomic mass is 9.33. The summed E-state index contributed by atoms with van der Waals surface area (Å²) in [6, 6.07) is 0. The number of aliphatic hydroxyl groups is 1. The van der Waals surface area contributed by atoms with Gasteiger partial charge < -0.3 is 9.84 Å². The quantitative estimate of drug-likeness (QED) is 0.359. The van der Waals surface area contributed by atoms with Crippen molar-refractivity contribution >= 4 is 11.8 Å². The minimum absolute atomic E-state index is 0.00778. The van der Waals surface area contributed by atoms with Crippen molar-refractivity contribution in [3.05, 3.63) is 11.6 Å². The molecule has 0 saturated heterocycles. The van der Waals surface area contributed by atoms with Crippen molar-refractivity contribution in [2.75, 3.05) is 13.7 Å². The Balaban J connectivity index is 1.60. The van der Waals surface area contributed by atoms with Crippen LogP contribution in [0.1, 0.15) is 106 Å². The van der Waals surface area contributed by atoms with E-state index in [2.05, 4.69) is 40.7 Å². The number of esters is 1. The van der Waals surface area contributed by atoms with Crippen LogP contribution in [0.2, 0.25) is 0 Å². The van der Waals surface area contributed by atoms with Crippen LogP contribution in [-0.4, -0.2) is 30.6 Å². The van der Waals surface area contributed by atoms with Gasteiger partial charge in [-0.15, -0.1) is 0 Å². The van der Waals surface area contributed by atoms with Crippen molar-refractivity contribution in [1.82, 2.24) is 0 Å². The second-order valence-corrected chi connectivity index (χ2v) is 14.9. The van der Waals surface area contributed by atoms with Crippen LogP contribution in [0.15, 0.2) is 11.6 Å². The molecule has 196 valence electrons. The first-order valence-corrected chi connectivity index (χ1v) is 14.2. The SMILES string of the molecule is COC(=O)[C@]12CCC(C)(C)C[C@H]1C1=CC[C@@H]3[C@@]4(C)CCC(=O)[C@@](C)(CO)[C@@H]4CC[C@@]3(C)[C@]1(C)CC2. The predicted molar refractivity (Wildman–Crippen MR) is 137 cm³/mol. The number of ether oxygens (including phenoxy) is 1. The third-order valence-electron chi connectivity index (χ3n) is 13.1. The van der Waals surface area contributed by atoms with Crippen LogP contribution in [0.3, 0.4) is 0 Å². The highest BCUT2D eigenvalue weighted by molar-refractivity contribution is 5.86. The van der Waals surface area contributed by atoms with Crippen molar-refractivity contribution in [3.63, 3.8) is 0 Å². The van der Waals surface area contributed by atoms with Gasteiger partial charge in [0.25, 0.3) is 0 Å². The molecular formula is C31H48O4. The number of carbonyl (C=O) groups excluding carboxylic acids is 2. The number of Topliss-reactive ketones (excluding diaryl/α,β-unsaturated/α-hetero) is 1. The Bertz CT molecular complexity index is 965. The predicted octanol–water partition coefficient (Wildman–Crippen LogP) is 6.50. The fourth-order valence-electron chi connectivity index (χ4n) is 10.6. The van der Waals surface area contributed by atoms with Gasteiger partial charge in [0.1, 0.15) is 5.78 Å². The molecule has 1 N–H and O–H groups in total. The zero-order valence-electron chi connectivity index (χ0n) is 23.3. The largest absolute Gasteiger partial charge is 0.469 e. The van der Waals surface area contributed by atoms with E-state index in [1.165, 1.54) is 0 Å². The lowest BCUT2D eigenvalue weighted by molar-refractivity contribution is -0.195. The van der Waals surface area contributed by atoms with Gasteiger partial charge in [0, 0.05) is 6.42 Å². The van der Waals surface area contributed by atoms with E-state index < -0.39 is 5.41 Å². The number of hydrogen-bond acceptors (Lipinski definition) is 4. The van der Waals surface area contributed by atoms with Gasteiger partial charge in [0.2, 0.25) is 0 Å². The molecule has 0 aliphatic heterocycles. The Morgan fingerprint density at radius 1 is 1.00 bits per heavy atom. The number of fused-ring (bicyclic) bond motifs is 7. The van der Waals surface area contributed by atoms with Crippen molar-refractivity contribution < 1.29 is 19.4 Å². The fourth-order valence-corrected chi connectivity index (χ4v) is 10.6. The number of allylic oxidation sites excluding steroid dienone is 2. The highest BCUT2D eigenvalue weighted by atomic mass is 16.5. The summed E-state index contributed by atoms with van der Waals surface area (Å²) in [5.74, 6) is 1.26. The van der Waals surface area contributed by atoms with Gasteiger partial charge in [-0.05, 0) is 97.2 Å². The van der Waals surface area contributed by atoms with E-state index in [0.717, 1.165) is 57.8 Å². The molecule has 0 aromatic carbocycles. The minimum Gasteiger partial charge on any atom is -0.469 e. The molecule has 0 unspecified atom stereocenters. The van der Waals surface area contributed by atoms with Gasteiger partial charge >= 0.3 is 5.97 Å². The minimum atomic E-state index is -0.612. The third kappa shape index (κ3) is 3.07. The molecule has 0 radical (unpaired) electrons. The summed E-state index contributed by atoms with van der Waals surface area (Å²) in [6.45, 7) is 14.2. The zero-order valence-corrected chi connectivity index (χ0v) is 23.3. The lowest BCUT2D eigenvalue weighted by Crippen LogP contribution is -2.65. The second kappa shape index (κ2) is 7.68. The average molecular weight is 485 g/mol. The van der Waals surface area contributed by atoms with E-state index in [4.69, 9.17) is 4.74 Å². The molecule has 0 bridgehead atoms. The van der Waals surface area contributed by atoms with Crippen LogP contribution >= 0.6 is 0 Å². The molecule has 5 aliphatic rings. The first-order valence-electron chi connectivity index (χ1n) is 14.2. The number of hydrogen-bond donors (Lipinski definition) is 1. The molecule has 8 atom stereocenters. The van der Waals surface area contributed by atoms with Crippen molar-refractivity contribution in [3.8, 4) is 0 Å². The highest BCUT2D eigenvalue weighted by Gasteiger charge is 2.69. The molecule has 5 aliphatic carbocycles. The van der Waals surface area contributed by atoms with E-state index in [-0.39, 0.29) is 57.3 Å². The molecule has 0 amide bonds. The Labute approximate surface area is 212 Å². The lowest BCUT2D eigenvalue weighted by Gasteiger charge is -2.70. The standard InChI is InChI=1S/C31H48O4/c1-26(2)14-16-31(25(34)35-7)17-15-29(5)20(21(31)18-26)8-9-23-27(3)12-11-24(33)28(4,19-32)22(27)10-13-30(23,29)6/h8,21-23,32H,9-19H2,1-7H3/t21-,22+,23+,27-,28-,29+,30+,31-/m0/s1. The summed E-state index contributed by atoms with van der Waals surface area (Å²) in [7, 11) is 1.57. The van der Waals surface area contributed by atoms with E-state index >= 15 is 0 Å². The van der Waals surface area contributed by atoms with Crippen LogP contribution in [0.25, 0.3) is 0 Å².